The second-order valence-electron chi connectivity index (χ2n) is 6.44. The molecule has 24 heavy (non-hydrogen) atoms. The van der Waals surface area contributed by atoms with Gasteiger partial charge in [0.15, 0.2) is 0 Å². The molecule has 4 nitrogen and oxygen atoms in total. The number of rotatable bonds is 5. The van der Waals surface area contributed by atoms with E-state index in [0.29, 0.717) is 6.04 Å². The van der Waals surface area contributed by atoms with E-state index in [9.17, 15) is 0 Å². The summed E-state index contributed by atoms with van der Waals surface area (Å²) in [4.78, 5) is 4.85. The summed E-state index contributed by atoms with van der Waals surface area (Å²) in [5.74, 6) is 1.01. The lowest BCUT2D eigenvalue weighted by atomic mass is 10.1. The minimum absolute atomic E-state index is 0.526. The molecule has 124 valence electrons. The van der Waals surface area contributed by atoms with Crippen LogP contribution in [-0.2, 0) is 6.42 Å². The van der Waals surface area contributed by atoms with Crippen LogP contribution in [0.5, 0.6) is 0 Å². The van der Waals surface area contributed by atoms with Crippen LogP contribution in [0.1, 0.15) is 24.4 Å². The Balaban J connectivity index is 1.57. The highest BCUT2D eigenvalue weighted by Gasteiger charge is 2.20. The number of para-hydroxylation sites is 2. The molecule has 0 saturated carbocycles. The summed E-state index contributed by atoms with van der Waals surface area (Å²) in [6.45, 7) is 3.07. The van der Waals surface area contributed by atoms with Gasteiger partial charge >= 0.3 is 0 Å². The standard InChI is InChI=1S/C20H24N4/c1-2-6-16(7-3-1)10-15-22-20-23-18-8-4-5-9-19(18)24(20)17-11-13-21-14-12-17/h1-9,17,21H,10-15H2,(H,22,23). The topological polar surface area (TPSA) is 41.9 Å². The molecule has 4 rings (SSSR count). The van der Waals surface area contributed by atoms with E-state index in [1.54, 1.807) is 0 Å². The van der Waals surface area contributed by atoms with Crippen LogP contribution in [0.4, 0.5) is 5.95 Å². The molecule has 2 N–H and O–H groups in total. The Bertz CT molecular complexity index is 788. The number of piperidine rings is 1. The van der Waals surface area contributed by atoms with Crippen molar-refractivity contribution in [2.24, 2.45) is 0 Å². The largest absolute Gasteiger partial charge is 0.355 e. The molecule has 1 saturated heterocycles. The number of aromatic nitrogens is 2. The molecule has 1 aromatic heterocycles. The molecule has 1 aliphatic heterocycles. The Hall–Kier alpha value is -2.33. The molecule has 2 aromatic carbocycles. The fourth-order valence-electron chi connectivity index (χ4n) is 3.57. The molecule has 0 aliphatic carbocycles. The van der Waals surface area contributed by atoms with Crippen molar-refractivity contribution in [2.75, 3.05) is 25.0 Å². The van der Waals surface area contributed by atoms with Crippen molar-refractivity contribution in [1.82, 2.24) is 14.9 Å². The molecular weight excluding hydrogens is 296 g/mol. The van der Waals surface area contributed by atoms with Gasteiger partial charge in [0.05, 0.1) is 11.0 Å². The van der Waals surface area contributed by atoms with Gasteiger partial charge in [0.1, 0.15) is 0 Å². The van der Waals surface area contributed by atoms with Crippen LogP contribution in [0.2, 0.25) is 0 Å². The normalized spacial score (nSPS) is 15.7. The fraction of sp³-hybridized carbons (Fsp3) is 0.350. The average Bonchev–Trinajstić information content (AvgIpc) is 3.01. The molecule has 0 unspecified atom stereocenters. The first kappa shape index (κ1) is 15.2. The molecule has 0 spiro atoms. The maximum absolute atomic E-state index is 4.85. The van der Waals surface area contributed by atoms with Gasteiger partial charge in [-0.2, -0.15) is 0 Å². The number of hydrogen-bond acceptors (Lipinski definition) is 3. The number of imidazole rings is 1. The summed E-state index contributed by atoms with van der Waals surface area (Å²) in [6, 6.07) is 19.6. The zero-order valence-corrected chi connectivity index (χ0v) is 13.9. The molecule has 4 heteroatoms. The van der Waals surface area contributed by atoms with Crippen molar-refractivity contribution >= 4 is 17.0 Å². The predicted octanol–water partition coefficient (Wildman–Crippen LogP) is 3.62. The van der Waals surface area contributed by atoms with E-state index in [2.05, 4.69) is 69.8 Å². The molecule has 3 aromatic rings. The van der Waals surface area contributed by atoms with Crippen LogP contribution in [0.25, 0.3) is 11.0 Å². The zero-order valence-electron chi connectivity index (χ0n) is 13.9. The molecule has 0 bridgehead atoms. The number of fused-ring (bicyclic) bond motifs is 1. The number of benzene rings is 2. The average molecular weight is 320 g/mol. The Labute approximate surface area is 142 Å². The van der Waals surface area contributed by atoms with Crippen LogP contribution in [0.15, 0.2) is 54.6 Å². The van der Waals surface area contributed by atoms with Crippen molar-refractivity contribution < 1.29 is 0 Å². The van der Waals surface area contributed by atoms with Crippen molar-refractivity contribution in [3.63, 3.8) is 0 Å². The maximum Gasteiger partial charge on any atom is 0.204 e. The summed E-state index contributed by atoms with van der Waals surface area (Å²) in [5.41, 5.74) is 3.68. The van der Waals surface area contributed by atoms with E-state index in [0.717, 1.165) is 50.4 Å². The van der Waals surface area contributed by atoms with Crippen LogP contribution >= 0.6 is 0 Å². The first-order valence-corrected chi connectivity index (χ1v) is 8.87. The Morgan fingerprint density at radius 1 is 1.00 bits per heavy atom. The van der Waals surface area contributed by atoms with Crippen molar-refractivity contribution in [1.29, 1.82) is 0 Å². The lowest BCUT2D eigenvalue weighted by molar-refractivity contribution is 0.377. The SMILES string of the molecule is c1ccc(CCNc2nc3ccccc3n2C2CCNCC2)cc1. The summed E-state index contributed by atoms with van der Waals surface area (Å²) in [7, 11) is 0. The number of anilines is 1. The van der Waals surface area contributed by atoms with E-state index in [1.807, 2.05) is 0 Å². The fourth-order valence-corrected chi connectivity index (χ4v) is 3.57. The molecular formula is C20H24N4. The van der Waals surface area contributed by atoms with Gasteiger partial charge < -0.3 is 15.2 Å². The van der Waals surface area contributed by atoms with Gasteiger partial charge in [-0.15, -0.1) is 0 Å². The van der Waals surface area contributed by atoms with Crippen LogP contribution in [0, 0.1) is 0 Å². The smallest absolute Gasteiger partial charge is 0.204 e. The van der Waals surface area contributed by atoms with Gasteiger partial charge in [0.2, 0.25) is 5.95 Å². The van der Waals surface area contributed by atoms with Crippen molar-refractivity contribution in [3.8, 4) is 0 Å². The van der Waals surface area contributed by atoms with E-state index < -0.39 is 0 Å². The van der Waals surface area contributed by atoms with Gasteiger partial charge in [-0.25, -0.2) is 4.98 Å². The quantitative estimate of drug-likeness (QED) is 0.754. The molecule has 1 aliphatic rings. The first-order chi connectivity index (χ1) is 11.9. The highest BCUT2D eigenvalue weighted by atomic mass is 15.2. The summed E-state index contributed by atoms with van der Waals surface area (Å²) >= 11 is 0. The van der Waals surface area contributed by atoms with Gasteiger partial charge in [-0.1, -0.05) is 42.5 Å². The van der Waals surface area contributed by atoms with E-state index in [4.69, 9.17) is 4.98 Å². The molecule has 2 heterocycles. The predicted molar refractivity (Wildman–Crippen MR) is 99.5 cm³/mol. The summed E-state index contributed by atoms with van der Waals surface area (Å²) < 4.78 is 2.42. The third-order valence-corrected chi connectivity index (χ3v) is 4.81. The second kappa shape index (κ2) is 7.05. The maximum atomic E-state index is 4.85. The third kappa shape index (κ3) is 3.15. The van der Waals surface area contributed by atoms with Gasteiger partial charge in [-0.3, -0.25) is 0 Å². The number of hydrogen-bond donors (Lipinski definition) is 2. The van der Waals surface area contributed by atoms with E-state index >= 15 is 0 Å². The van der Waals surface area contributed by atoms with Crippen LogP contribution in [0.3, 0.4) is 0 Å². The monoisotopic (exact) mass is 320 g/mol. The third-order valence-electron chi connectivity index (χ3n) is 4.81. The minimum Gasteiger partial charge on any atom is -0.355 e. The molecule has 1 fully saturated rings. The van der Waals surface area contributed by atoms with Gasteiger partial charge in [-0.05, 0) is 50.0 Å². The lowest BCUT2D eigenvalue weighted by Gasteiger charge is -2.26. The van der Waals surface area contributed by atoms with Crippen LogP contribution < -0.4 is 10.6 Å². The Morgan fingerprint density at radius 2 is 1.75 bits per heavy atom. The Morgan fingerprint density at radius 3 is 2.58 bits per heavy atom. The van der Waals surface area contributed by atoms with Crippen molar-refractivity contribution in [3.05, 3.63) is 60.2 Å². The number of nitrogens with zero attached hydrogens (tertiary/aromatic N) is 2. The van der Waals surface area contributed by atoms with E-state index in [1.165, 1.54) is 11.1 Å². The van der Waals surface area contributed by atoms with Gasteiger partial charge in [0.25, 0.3) is 0 Å². The number of nitrogens with one attached hydrogen (secondary N) is 2. The van der Waals surface area contributed by atoms with Gasteiger partial charge in [0, 0.05) is 12.6 Å². The zero-order chi connectivity index (χ0) is 16.2. The highest BCUT2D eigenvalue weighted by molar-refractivity contribution is 5.78. The molecule has 0 atom stereocenters. The Kier molecular flexibility index (Phi) is 4.47. The molecule has 0 radical (unpaired) electrons. The highest BCUT2D eigenvalue weighted by Crippen LogP contribution is 2.29. The first-order valence-electron chi connectivity index (χ1n) is 8.87. The van der Waals surface area contributed by atoms with E-state index in [-0.39, 0.29) is 0 Å². The minimum atomic E-state index is 0.526. The van der Waals surface area contributed by atoms with Crippen molar-refractivity contribution in [2.45, 2.75) is 25.3 Å². The lowest BCUT2D eigenvalue weighted by Crippen LogP contribution is -2.30. The second-order valence-corrected chi connectivity index (χ2v) is 6.44. The van der Waals surface area contributed by atoms with Crippen LogP contribution in [-0.4, -0.2) is 29.2 Å². The summed E-state index contributed by atoms with van der Waals surface area (Å²) in [6.07, 6.45) is 3.33. The summed E-state index contributed by atoms with van der Waals surface area (Å²) in [5, 5.41) is 7.03. The molecule has 0 amide bonds.